The summed E-state index contributed by atoms with van der Waals surface area (Å²) in [6.45, 7) is 6.95. The Bertz CT molecular complexity index is 509. The Labute approximate surface area is 139 Å². The Balaban J connectivity index is 2.37. The van der Waals surface area contributed by atoms with Gasteiger partial charge in [0.15, 0.2) is 0 Å². The first-order chi connectivity index (χ1) is 10.8. The van der Waals surface area contributed by atoms with Crippen LogP contribution in [0.2, 0.25) is 13.3 Å². The molecule has 0 aliphatic rings. The van der Waals surface area contributed by atoms with Crippen molar-refractivity contribution in [2.45, 2.75) is 72.6 Å². The molecule has 0 saturated carbocycles. The molecule has 2 aromatic heterocycles. The van der Waals surface area contributed by atoms with Gasteiger partial charge in [0, 0.05) is 0 Å². The van der Waals surface area contributed by atoms with Gasteiger partial charge >= 0.3 is 140 Å². The third-order valence-corrected chi connectivity index (χ3v) is 19.7. The molecule has 2 nitrogen and oxygen atoms in total. The average Bonchev–Trinajstić information content (AvgIpc) is 2.99. The van der Waals surface area contributed by atoms with E-state index in [4.69, 9.17) is 4.42 Å². The number of rotatable bonds is 10. The summed E-state index contributed by atoms with van der Waals surface area (Å²) < 4.78 is 12.1. The number of furan rings is 1. The normalized spacial score (nSPS) is 12.1. The Hall–Kier alpha value is -0.511. The molecule has 0 N–H and O–H groups in total. The summed E-state index contributed by atoms with van der Waals surface area (Å²) in [5.74, 6) is 0. The van der Waals surface area contributed by atoms with Crippen molar-refractivity contribution < 1.29 is 4.42 Å². The second-order valence-corrected chi connectivity index (χ2v) is 19.6. The van der Waals surface area contributed by atoms with E-state index in [0.29, 0.717) is 0 Å². The van der Waals surface area contributed by atoms with Gasteiger partial charge in [0.1, 0.15) is 0 Å². The van der Waals surface area contributed by atoms with E-state index in [-0.39, 0.29) is 0 Å². The standard InChI is InChI=1S/C7H4NO.3C4H9.Sn/c1-2-7-6(8-4-1)3-5-9-7;3*1-3-4-2;/h1-4H;3*1,3-4H2,2H3;. The second kappa shape index (κ2) is 8.95. The summed E-state index contributed by atoms with van der Waals surface area (Å²) in [4.78, 5) is 4.50. The molecule has 0 amide bonds. The second-order valence-electron chi connectivity index (χ2n) is 6.59. The van der Waals surface area contributed by atoms with Crippen molar-refractivity contribution in [3.8, 4) is 0 Å². The van der Waals surface area contributed by atoms with Crippen LogP contribution >= 0.6 is 0 Å². The fourth-order valence-electron chi connectivity index (χ4n) is 3.42. The topological polar surface area (TPSA) is 26.0 Å². The number of fused-ring (bicyclic) bond motifs is 1. The number of pyridine rings is 1. The molecule has 0 radical (unpaired) electrons. The molecule has 0 spiro atoms. The molecule has 3 heteroatoms. The van der Waals surface area contributed by atoms with Gasteiger partial charge < -0.3 is 0 Å². The molecule has 0 atom stereocenters. The van der Waals surface area contributed by atoms with Gasteiger partial charge in [0.05, 0.1) is 0 Å². The molecule has 122 valence electrons. The van der Waals surface area contributed by atoms with Gasteiger partial charge in [0.2, 0.25) is 0 Å². The third kappa shape index (κ3) is 4.27. The van der Waals surface area contributed by atoms with E-state index in [9.17, 15) is 0 Å². The third-order valence-electron chi connectivity index (χ3n) is 4.84. The maximum absolute atomic E-state index is 6.36. The zero-order chi connectivity index (χ0) is 15.8. The number of unbranched alkanes of at least 4 members (excludes halogenated alkanes) is 3. The number of hydrogen-bond donors (Lipinski definition) is 0. The van der Waals surface area contributed by atoms with Gasteiger partial charge in [-0.1, -0.05) is 0 Å². The SMILES string of the molecule is CCC[CH2][Sn]([CH2]CCC)([CH2]CCC)[c]1cc2ncccc2o1. The van der Waals surface area contributed by atoms with Gasteiger partial charge in [-0.15, -0.1) is 0 Å². The van der Waals surface area contributed by atoms with Crippen LogP contribution < -0.4 is 3.78 Å². The average molecular weight is 408 g/mol. The van der Waals surface area contributed by atoms with E-state index >= 15 is 0 Å². The van der Waals surface area contributed by atoms with E-state index in [2.05, 4.69) is 37.9 Å². The van der Waals surface area contributed by atoms with Gasteiger partial charge in [-0.3, -0.25) is 0 Å². The van der Waals surface area contributed by atoms with Crippen molar-refractivity contribution in [3.05, 3.63) is 24.4 Å². The number of hydrogen-bond acceptors (Lipinski definition) is 2. The quantitative estimate of drug-likeness (QED) is 0.459. The predicted molar refractivity (Wildman–Crippen MR) is 98.5 cm³/mol. The maximum atomic E-state index is 6.36. The first-order valence-corrected chi connectivity index (χ1v) is 16.6. The summed E-state index contributed by atoms with van der Waals surface area (Å²) in [5, 5.41) is 0. The molecule has 2 aromatic rings. The fraction of sp³-hybridized carbons (Fsp3) is 0.632. The molecule has 0 aliphatic heterocycles. The van der Waals surface area contributed by atoms with Gasteiger partial charge in [0.25, 0.3) is 0 Å². The summed E-state index contributed by atoms with van der Waals surface area (Å²) in [7, 11) is 0. The van der Waals surface area contributed by atoms with Gasteiger partial charge in [-0.2, -0.15) is 0 Å². The molecular formula is C19H31NOSn. The van der Waals surface area contributed by atoms with Crippen LogP contribution in [-0.4, -0.2) is 23.4 Å². The summed E-state index contributed by atoms with van der Waals surface area (Å²) in [6, 6.07) is 6.35. The first kappa shape index (κ1) is 17.8. The predicted octanol–water partition coefficient (Wildman–Crippen LogP) is 5.88. The van der Waals surface area contributed by atoms with Crippen LogP contribution in [0.3, 0.4) is 0 Å². The van der Waals surface area contributed by atoms with Crippen LogP contribution in [0.5, 0.6) is 0 Å². The van der Waals surface area contributed by atoms with E-state index in [1.54, 1.807) is 0 Å². The zero-order valence-corrected chi connectivity index (χ0v) is 17.4. The van der Waals surface area contributed by atoms with Crippen LogP contribution in [0, 0.1) is 0 Å². The van der Waals surface area contributed by atoms with Crippen LogP contribution in [0.15, 0.2) is 28.8 Å². The Morgan fingerprint density at radius 3 is 2.05 bits per heavy atom. The van der Waals surface area contributed by atoms with Crippen molar-refractivity contribution in [3.63, 3.8) is 0 Å². The molecule has 0 saturated heterocycles. The Kier molecular flexibility index (Phi) is 7.26. The van der Waals surface area contributed by atoms with Crippen molar-refractivity contribution >= 4 is 33.3 Å². The van der Waals surface area contributed by atoms with Crippen molar-refractivity contribution in [1.29, 1.82) is 0 Å². The molecule has 0 aliphatic carbocycles. The van der Waals surface area contributed by atoms with Crippen LogP contribution in [-0.2, 0) is 0 Å². The van der Waals surface area contributed by atoms with Crippen molar-refractivity contribution in [2.24, 2.45) is 0 Å². The van der Waals surface area contributed by atoms with Crippen molar-refractivity contribution in [2.75, 3.05) is 0 Å². The fourth-order valence-corrected chi connectivity index (χ4v) is 18.7. The molecule has 0 bridgehead atoms. The first-order valence-electron chi connectivity index (χ1n) is 9.10. The van der Waals surface area contributed by atoms with Crippen LogP contribution in [0.25, 0.3) is 11.1 Å². The van der Waals surface area contributed by atoms with E-state index in [1.165, 1.54) is 55.6 Å². The van der Waals surface area contributed by atoms with Crippen LogP contribution in [0.1, 0.15) is 59.3 Å². The monoisotopic (exact) mass is 409 g/mol. The Morgan fingerprint density at radius 2 is 1.55 bits per heavy atom. The van der Waals surface area contributed by atoms with Crippen molar-refractivity contribution in [1.82, 2.24) is 4.98 Å². The minimum absolute atomic E-state index is 0.989. The van der Waals surface area contributed by atoms with E-state index in [0.717, 1.165) is 11.1 Å². The van der Waals surface area contributed by atoms with Gasteiger partial charge in [-0.05, 0) is 0 Å². The van der Waals surface area contributed by atoms with E-state index < -0.39 is 18.4 Å². The molecule has 0 fully saturated rings. The molecule has 0 aromatic carbocycles. The summed E-state index contributed by atoms with van der Waals surface area (Å²) in [6.07, 6.45) is 9.89. The molecular weight excluding hydrogens is 377 g/mol. The summed E-state index contributed by atoms with van der Waals surface area (Å²) in [5.41, 5.74) is 2.05. The molecule has 2 rings (SSSR count). The van der Waals surface area contributed by atoms with Crippen LogP contribution in [0.4, 0.5) is 0 Å². The molecule has 0 unspecified atom stereocenters. The molecule has 2 heterocycles. The number of aromatic nitrogens is 1. The minimum atomic E-state index is -2.41. The summed E-state index contributed by atoms with van der Waals surface area (Å²) >= 11 is -2.41. The van der Waals surface area contributed by atoms with Gasteiger partial charge in [-0.25, -0.2) is 0 Å². The molecule has 22 heavy (non-hydrogen) atoms. The Morgan fingerprint density at radius 1 is 0.955 bits per heavy atom. The van der Waals surface area contributed by atoms with E-state index in [1.807, 2.05) is 12.3 Å². The number of nitrogens with zero attached hydrogens (tertiary/aromatic N) is 1. The zero-order valence-electron chi connectivity index (χ0n) is 14.5.